The molecule has 4 nitrogen and oxygen atoms in total. The second-order valence-corrected chi connectivity index (χ2v) is 9.88. The summed E-state index contributed by atoms with van der Waals surface area (Å²) in [6.07, 6.45) is 0. The van der Waals surface area contributed by atoms with Gasteiger partial charge in [-0.15, -0.1) is 15.3 Å². The summed E-state index contributed by atoms with van der Waals surface area (Å²) in [5.74, 6) is 1.55. The average molecular weight is 415 g/mol. The Morgan fingerprint density at radius 2 is 1.78 bits per heavy atom. The van der Waals surface area contributed by atoms with Gasteiger partial charge in [0.2, 0.25) is 4.96 Å². The van der Waals surface area contributed by atoms with Gasteiger partial charge >= 0.3 is 0 Å². The number of aromatic nitrogens is 4. The lowest BCUT2D eigenvalue weighted by Crippen LogP contribution is -2.10. The molecular weight excluding hydrogens is 396 g/mol. The van der Waals surface area contributed by atoms with Crippen molar-refractivity contribution in [2.75, 3.05) is 0 Å². The van der Waals surface area contributed by atoms with E-state index in [2.05, 4.69) is 55.2 Å². The Morgan fingerprint density at radius 3 is 2.48 bits per heavy atom. The number of thioether (sulfide) groups is 1. The maximum atomic E-state index is 6.24. The highest BCUT2D eigenvalue weighted by Crippen LogP contribution is 2.32. The van der Waals surface area contributed by atoms with Gasteiger partial charge in [0.05, 0.1) is 0 Å². The Kier molecular flexibility index (Phi) is 4.97. The first-order valence-electron chi connectivity index (χ1n) is 8.61. The molecular formula is C20H19ClN4S2. The Hall–Kier alpha value is -1.89. The third-order valence-corrected chi connectivity index (χ3v) is 6.74. The fraction of sp³-hybridized carbons (Fsp3) is 0.250. The summed E-state index contributed by atoms with van der Waals surface area (Å²) < 4.78 is 2.78. The van der Waals surface area contributed by atoms with Crippen LogP contribution in [0.2, 0.25) is 5.02 Å². The largest absolute Gasteiger partial charge is 0.235 e. The minimum absolute atomic E-state index is 0.127. The molecule has 2 aromatic carbocycles. The van der Waals surface area contributed by atoms with Gasteiger partial charge in [0.1, 0.15) is 0 Å². The van der Waals surface area contributed by atoms with Crippen molar-refractivity contribution >= 4 is 39.7 Å². The van der Waals surface area contributed by atoms with Crippen molar-refractivity contribution < 1.29 is 0 Å². The lowest BCUT2D eigenvalue weighted by atomic mass is 9.87. The standard InChI is InChI=1S/C20H19ClN4S2/c1-20(2,3)15-10-8-13(9-11-15)17-22-23-18-25(17)24-19(27-18)26-12-14-6-4-5-7-16(14)21/h4-11H,12H2,1-3H3. The number of rotatable bonds is 4. The van der Waals surface area contributed by atoms with Crippen LogP contribution >= 0.6 is 34.7 Å². The molecule has 2 heterocycles. The fourth-order valence-corrected chi connectivity index (χ4v) is 4.87. The average Bonchev–Trinajstić information content (AvgIpc) is 3.20. The van der Waals surface area contributed by atoms with Crippen LogP contribution in [0.25, 0.3) is 16.3 Å². The van der Waals surface area contributed by atoms with Crippen LogP contribution in [0.4, 0.5) is 0 Å². The van der Waals surface area contributed by atoms with E-state index in [9.17, 15) is 0 Å². The number of hydrogen-bond donors (Lipinski definition) is 0. The summed E-state index contributed by atoms with van der Waals surface area (Å²) in [7, 11) is 0. The van der Waals surface area contributed by atoms with Gasteiger partial charge in [0.15, 0.2) is 10.2 Å². The molecule has 27 heavy (non-hydrogen) atoms. The molecule has 2 aromatic heterocycles. The molecule has 0 aliphatic carbocycles. The van der Waals surface area contributed by atoms with Gasteiger partial charge in [0.25, 0.3) is 0 Å². The van der Waals surface area contributed by atoms with Gasteiger partial charge in [-0.05, 0) is 22.6 Å². The number of halogens is 1. The van der Waals surface area contributed by atoms with E-state index < -0.39 is 0 Å². The summed E-state index contributed by atoms with van der Waals surface area (Å²) in [6.45, 7) is 6.63. The fourth-order valence-electron chi connectivity index (χ4n) is 2.71. The van der Waals surface area contributed by atoms with E-state index in [1.165, 1.54) is 5.56 Å². The summed E-state index contributed by atoms with van der Waals surface area (Å²) >= 11 is 9.45. The first-order chi connectivity index (χ1) is 12.9. The molecule has 0 N–H and O–H groups in total. The minimum atomic E-state index is 0.127. The topological polar surface area (TPSA) is 43.1 Å². The molecule has 0 amide bonds. The Balaban J connectivity index is 1.58. The van der Waals surface area contributed by atoms with Crippen molar-refractivity contribution in [2.24, 2.45) is 0 Å². The molecule has 7 heteroatoms. The molecule has 0 saturated carbocycles. The second-order valence-electron chi connectivity index (χ2n) is 7.29. The summed E-state index contributed by atoms with van der Waals surface area (Å²) in [6, 6.07) is 16.4. The molecule has 0 radical (unpaired) electrons. The number of hydrogen-bond acceptors (Lipinski definition) is 5. The predicted molar refractivity (Wildman–Crippen MR) is 114 cm³/mol. The molecule has 0 atom stereocenters. The molecule has 0 unspecified atom stereocenters. The van der Waals surface area contributed by atoms with Crippen LogP contribution in [0.3, 0.4) is 0 Å². The summed E-state index contributed by atoms with van der Waals surface area (Å²) in [4.78, 5) is 0.798. The van der Waals surface area contributed by atoms with E-state index in [0.29, 0.717) is 0 Å². The molecule has 0 aliphatic rings. The number of benzene rings is 2. The zero-order valence-electron chi connectivity index (χ0n) is 15.3. The SMILES string of the molecule is CC(C)(C)c1ccc(-c2nnc3sc(SCc4ccccc4Cl)nn23)cc1. The molecule has 0 spiro atoms. The van der Waals surface area contributed by atoms with Crippen LogP contribution in [0, 0.1) is 0 Å². The first kappa shape index (κ1) is 18.5. The quantitative estimate of drug-likeness (QED) is 0.378. The van der Waals surface area contributed by atoms with Gasteiger partial charge in [-0.2, -0.15) is 4.52 Å². The van der Waals surface area contributed by atoms with Gasteiger partial charge < -0.3 is 0 Å². The van der Waals surface area contributed by atoms with E-state index in [0.717, 1.165) is 37.0 Å². The normalized spacial score (nSPS) is 12.0. The van der Waals surface area contributed by atoms with Crippen molar-refractivity contribution in [1.82, 2.24) is 19.8 Å². The Morgan fingerprint density at radius 1 is 1.04 bits per heavy atom. The highest BCUT2D eigenvalue weighted by Gasteiger charge is 2.16. The van der Waals surface area contributed by atoms with E-state index in [4.69, 9.17) is 16.7 Å². The summed E-state index contributed by atoms with van der Waals surface area (Å²) in [5, 5.41) is 14.1. The van der Waals surface area contributed by atoms with Crippen molar-refractivity contribution in [3.8, 4) is 11.4 Å². The van der Waals surface area contributed by atoms with E-state index in [1.54, 1.807) is 23.1 Å². The summed E-state index contributed by atoms with van der Waals surface area (Å²) in [5.41, 5.74) is 3.54. The minimum Gasteiger partial charge on any atom is -0.182 e. The highest BCUT2D eigenvalue weighted by atomic mass is 35.5. The molecule has 0 aliphatic heterocycles. The van der Waals surface area contributed by atoms with Gasteiger partial charge in [-0.3, -0.25) is 0 Å². The molecule has 0 bridgehead atoms. The van der Waals surface area contributed by atoms with Crippen LogP contribution in [-0.2, 0) is 11.2 Å². The smallest absolute Gasteiger partial charge is 0.182 e. The molecule has 4 aromatic rings. The van der Waals surface area contributed by atoms with Crippen LogP contribution in [0.1, 0.15) is 31.9 Å². The van der Waals surface area contributed by atoms with Gasteiger partial charge in [-0.25, -0.2) is 0 Å². The van der Waals surface area contributed by atoms with Crippen LogP contribution in [-0.4, -0.2) is 19.8 Å². The van der Waals surface area contributed by atoms with Crippen molar-refractivity contribution in [2.45, 2.75) is 36.3 Å². The van der Waals surface area contributed by atoms with Gasteiger partial charge in [0, 0.05) is 16.3 Å². The molecule has 138 valence electrons. The van der Waals surface area contributed by atoms with E-state index in [-0.39, 0.29) is 5.41 Å². The van der Waals surface area contributed by atoms with Crippen LogP contribution in [0.15, 0.2) is 52.9 Å². The number of fused-ring (bicyclic) bond motifs is 1. The van der Waals surface area contributed by atoms with Crippen molar-refractivity contribution in [3.63, 3.8) is 0 Å². The first-order valence-corrected chi connectivity index (χ1v) is 10.8. The zero-order chi connectivity index (χ0) is 19.0. The molecule has 4 rings (SSSR count). The highest BCUT2D eigenvalue weighted by molar-refractivity contribution is 8.00. The monoisotopic (exact) mass is 414 g/mol. The Bertz CT molecular complexity index is 1080. The number of nitrogens with zero attached hydrogens (tertiary/aromatic N) is 4. The van der Waals surface area contributed by atoms with Crippen LogP contribution in [0.5, 0.6) is 0 Å². The van der Waals surface area contributed by atoms with Gasteiger partial charge in [-0.1, -0.05) is 97.9 Å². The molecule has 0 saturated heterocycles. The third-order valence-electron chi connectivity index (χ3n) is 4.29. The van der Waals surface area contributed by atoms with E-state index >= 15 is 0 Å². The molecule has 0 fully saturated rings. The van der Waals surface area contributed by atoms with Crippen molar-refractivity contribution in [3.05, 3.63) is 64.7 Å². The predicted octanol–water partition coefficient (Wildman–Crippen LogP) is 6.10. The Labute approximate surface area is 171 Å². The van der Waals surface area contributed by atoms with Crippen molar-refractivity contribution in [1.29, 1.82) is 0 Å². The van der Waals surface area contributed by atoms with Crippen LogP contribution < -0.4 is 0 Å². The zero-order valence-corrected chi connectivity index (χ0v) is 17.7. The maximum absolute atomic E-state index is 6.24. The third kappa shape index (κ3) is 3.88. The maximum Gasteiger partial charge on any atom is 0.235 e. The second kappa shape index (κ2) is 7.26. The van der Waals surface area contributed by atoms with E-state index in [1.807, 2.05) is 28.8 Å². The lowest BCUT2D eigenvalue weighted by molar-refractivity contribution is 0.590. The lowest BCUT2D eigenvalue weighted by Gasteiger charge is -2.18.